The number of nitrogens with zero attached hydrogens (tertiary/aromatic N) is 4. The standard InChI is InChI=1S/C14H12BrN5/c1-9-2-5-11(15)8-13(9)20-14(17-18-19-20)10-3-6-12(16)7-4-10/h2-8H,16H2,1H3. The summed E-state index contributed by atoms with van der Waals surface area (Å²) in [5.74, 6) is 0.686. The summed E-state index contributed by atoms with van der Waals surface area (Å²) in [7, 11) is 0. The highest BCUT2D eigenvalue weighted by Crippen LogP contribution is 2.24. The first-order valence-electron chi connectivity index (χ1n) is 6.06. The molecule has 3 aromatic rings. The summed E-state index contributed by atoms with van der Waals surface area (Å²) in [5.41, 5.74) is 9.38. The molecule has 0 unspecified atom stereocenters. The molecule has 0 spiro atoms. The summed E-state index contributed by atoms with van der Waals surface area (Å²) < 4.78 is 2.71. The molecule has 0 aliphatic carbocycles. The third-order valence-corrected chi connectivity index (χ3v) is 3.53. The van der Waals surface area contributed by atoms with Crippen molar-refractivity contribution in [3.8, 4) is 17.1 Å². The van der Waals surface area contributed by atoms with Gasteiger partial charge in [0.1, 0.15) is 0 Å². The van der Waals surface area contributed by atoms with Gasteiger partial charge in [-0.15, -0.1) is 5.10 Å². The molecule has 20 heavy (non-hydrogen) atoms. The van der Waals surface area contributed by atoms with Gasteiger partial charge in [0.15, 0.2) is 5.82 Å². The molecule has 3 rings (SSSR count). The number of nitrogens with two attached hydrogens (primary N) is 1. The summed E-state index contributed by atoms with van der Waals surface area (Å²) in [6.45, 7) is 2.02. The Kier molecular flexibility index (Phi) is 3.23. The summed E-state index contributed by atoms with van der Waals surface area (Å²) in [6.07, 6.45) is 0. The zero-order chi connectivity index (χ0) is 14.1. The molecule has 100 valence electrons. The monoisotopic (exact) mass is 329 g/mol. The van der Waals surface area contributed by atoms with Crippen LogP contribution in [0.15, 0.2) is 46.9 Å². The maximum atomic E-state index is 5.71. The second-order valence-electron chi connectivity index (χ2n) is 4.47. The van der Waals surface area contributed by atoms with E-state index in [1.807, 2.05) is 49.4 Å². The van der Waals surface area contributed by atoms with E-state index in [2.05, 4.69) is 31.5 Å². The predicted octanol–water partition coefficient (Wildman–Crippen LogP) is 2.98. The molecule has 0 aliphatic heterocycles. The smallest absolute Gasteiger partial charge is 0.187 e. The summed E-state index contributed by atoms with van der Waals surface area (Å²) >= 11 is 3.47. The first kappa shape index (κ1) is 12.8. The average Bonchev–Trinajstić information content (AvgIpc) is 2.91. The van der Waals surface area contributed by atoms with Gasteiger partial charge >= 0.3 is 0 Å². The number of halogens is 1. The zero-order valence-corrected chi connectivity index (χ0v) is 12.4. The lowest BCUT2D eigenvalue weighted by atomic mass is 10.1. The molecule has 0 atom stereocenters. The second kappa shape index (κ2) is 5.05. The summed E-state index contributed by atoms with van der Waals surface area (Å²) in [6, 6.07) is 13.5. The molecule has 0 saturated heterocycles. The molecular formula is C14H12BrN5. The lowest BCUT2D eigenvalue weighted by Gasteiger charge is -2.08. The Balaban J connectivity index is 2.15. The molecule has 0 saturated carbocycles. The second-order valence-corrected chi connectivity index (χ2v) is 5.38. The van der Waals surface area contributed by atoms with Gasteiger partial charge in [-0.3, -0.25) is 0 Å². The average molecular weight is 330 g/mol. The van der Waals surface area contributed by atoms with Crippen molar-refractivity contribution in [2.45, 2.75) is 6.92 Å². The topological polar surface area (TPSA) is 69.6 Å². The maximum absolute atomic E-state index is 5.71. The van der Waals surface area contributed by atoms with Crippen molar-refractivity contribution >= 4 is 21.6 Å². The Labute approximate surface area is 124 Å². The lowest BCUT2D eigenvalue weighted by molar-refractivity contribution is 0.787. The largest absolute Gasteiger partial charge is 0.399 e. The Morgan fingerprint density at radius 1 is 1.10 bits per heavy atom. The van der Waals surface area contributed by atoms with Crippen LogP contribution >= 0.6 is 15.9 Å². The maximum Gasteiger partial charge on any atom is 0.187 e. The number of nitrogen functional groups attached to an aromatic ring is 1. The van der Waals surface area contributed by atoms with E-state index in [4.69, 9.17) is 5.73 Å². The quantitative estimate of drug-likeness (QED) is 0.734. The van der Waals surface area contributed by atoms with Crippen molar-refractivity contribution in [1.82, 2.24) is 20.2 Å². The minimum Gasteiger partial charge on any atom is -0.399 e. The molecule has 0 bridgehead atoms. The molecule has 2 aromatic carbocycles. The van der Waals surface area contributed by atoms with Crippen molar-refractivity contribution < 1.29 is 0 Å². The molecule has 5 nitrogen and oxygen atoms in total. The molecule has 1 aromatic heterocycles. The van der Waals surface area contributed by atoms with Gasteiger partial charge in [0.2, 0.25) is 0 Å². The van der Waals surface area contributed by atoms with Crippen LogP contribution in [-0.4, -0.2) is 20.2 Å². The highest BCUT2D eigenvalue weighted by Gasteiger charge is 2.12. The Bertz CT molecular complexity index is 749. The first-order chi connectivity index (χ1) is 9.65. The molecule has 2 N–H and O–H groups in total. The van der Waals surface area contributed by atoms with Crippen molar-refractivity contribution in [2.75, 3.05) is 5.73 Å². The van der Waals surface area contributed by atoms with Gasteiger partial charge in [-0.05, 0) is 59.3 Å². The number of rotatable bonds is 2. The van der Waals surface area contributed by atoms with Crippen molar-refractivity contribution in [1.29, 1.82) is 0 Å². The lowest BCUT2D eigenvalue weighted by Crippen LogP contribution is -2.02. The summed E-state index contributed by atoms with van der Waals surface area (Å²) in [4.78, 5) is 0. The number of anilines is 1. The number of aromatic nitrogens is 4. The van der Waals surface area contributed by atoms with Crippen LogP contribution in [0.4, 0.5) is 5.69 Å². The third-order valence-electron chi connectivity index (χ3n) is 3.04. The van der Waals surface area contributed by atoms with Gasteiger partial charge in [-0.2, -0.15) is 4.68 Å². The van der Waals surface area contributed by atoms with Gasteiger partial charge in [-0.25, -0.2) is 0 Å². The molecule has 6 heteroatoms. The Morgan fingerprint density at radius 2 is 1.85 bits per heavy atom. The van der Waals surface area contributed by atoms with E-state index < -0.39 is 0 Å². The van der Waals surface area contributed by atoms with Gasteiger partial charge < -0.3 is 5.73 Å². The van der Waals surface area contributed by atoms with E-state index in [1.54, 1.807) is 4.68 Å². The fourth-order valence-electron chi connectivity index (χ4n) is 1.97. The zero-order valence-electron chi connectivity index (χ0n) is 10.8. The van der Waals surface area contributed by atoms with E-state index in [-0.39, 0.29) is 0 Å². The van der Waals surface area contributed by atoms with Crippen LogP contribution in [0, 0.1) is 6.92 Å². The van der Waals surface area contributed by atoms with E-state index in [0.29, 0.717) is 11.5 Å². The fourth-order valence-corrected chi connectivity index (χ4v) is 2.32. The van der Waals surface area contributed by atoms with E-state index in [9.17, 15) is 0 Å². The first-order valence-corrected chi connectivity index (χ1v) is 6.85. The number of hydrogen-bond donors (Lipinski definition) is 1. The van der Waals surface area contributed by atoms with Crippen LogP contribution in [0.3, 0.4) is 0 Å². The normalized spacial score (nSPS) is 10.7. The van der Waals surface area contributed by atoms with E-state index >= 15 is 0 Å². The number of aryl methyl sites for hydroxylation is 1. The van der Waals surface area contributed by atoms with Gasteiger partial charge in [0.25, 0.3) is 0 Å². The minimum atomic E-state index is 0.686. The van der Waals surface area contributed by atoms with Gasteiger partial charge in [0, 0.05) is 15.7 Å². The SMILES string of the molecule is Cc1ccc(Br)cc1-n1nnnc1-c1ccc(N)cc1. The van der Waals surface area contributed by atoms with Gasteiger partial charge in [-0.1, -0.05) is 22.0 Å². The molecule has 0 amide bonds. The number of tetrazole rings is 1. The molecule has 0 radical (unpaired) electrons. The van der Waals surface area contributed by atoms with Crippen LogP contribution in [0.2, 0.25) is 0 Å². The Morgan fingerprint density at radius 3 is 2.60 bits per heavy atom. The van der Waals surface area contributed by atoms with E-state index in [1.165, 1.54) is 0 Å². The van der Waals surface area contributed by atoms with Gasteiger partial charge in [0.05, 0.1) is 5.69 Å². The van der Waals surface area contributed by atoms with Crippen LogP contribution in [0.5, 0.6) is 0 Å². The molecule has 1 heterocycles. The Hall–Kier alpha value is -2.21. The van der Waals surface area contributed by atoms with E-state index in [0.717, 1.165) is 21.3 Å². The number of benzene rings is 2. The highest BCUT2D eigenvalue weighted by atomic mass is 79.9. The highest BCUT2D eigenvalue weighted by molar-refractivity contribution is 9.10. The van der Waals surface area contributed by atoms with Crippen molar-refractivity contribution in [3.05, 3.63) is 52.5 Å². The van der Waals surface area contributed by atoms with Crippen LogP contribution < -0.4 is 5.73 Å². The van der Waals surface area contributed by atoms with Crippen LogP contribution in [0.25, 0.3) is 17.1 Å². The fraction of sp³-hybridized carbons (Fsp3) is 0.0714. The summed E-state index contributed by atoms with van der Waals surface area (Å²) in [5, 5.41) is 12.0. The van der Waals surface area contributed by atoms with Crippen LogP contribution in [-0.2, 0) is 0 Å². The van der Waals surface area contributed by atoms with Crippen molar-refractivity contribution in [2.24, 2.45) is 0 Å². The minimum absolute atomic E-state index is 0.686. The number of hydrogen-bond acceptors (Lipinski definition) is 4. The van der Waals surface area contributed by atoms with Crippen LogP contribution in [0.1, 0.15) is 5.56 Å². The predicted molar refractivity (Wildman–Crippen MR) is 81.4 cm³/mol. The molecule has 0 fully saturated rings. The third kappa shape index (κ3) is 2.30. The van der Waals surface area contributed by atoms with Crippen molar-refractivity contribution in [3.63, 3.8) is 0 Å². The molecule has 0 aliphatic rings. The molecular weight excluding hydrogens is 318 g/mol.